The Hall–Kier alpha value is -2.15. The number of hydrogen-bond donors (Lipinski definition) is 1. The van der Waals surface area contributed by atoms with Crippen LogP contribution < -0.4 is 10.1 Å². The molecule has 7 heteroatoms. The van der Waals surface area contributed by atoms with E-state index >= 15 is 0 Å². The molecule has 2 saturated heterocycles. The van der Waals surface area contributed by atoms with Crippen molar-refractivity contribution in [3.8, 4) is 10.9 Å². The maximum atomic E-state index is 11.9. The fourth-order valence-electron chi connectivity index (χ4n) is 4.83. The first-order valence-electron chi connectivity index (χ1n) is 10.4. The van der Waals surface area contributed by atoms with Gasteiger partial charge < -0.3 is 15.0 Å². The fourth-order valence-corrected chi connectivity index (χ4v) is 5.96. The van der Waals surface area contributed by atoms with Crippen LogP contribution in [-0.2, 0) is 11.3 Å². The third-order valence-electron chi connectivity index (χ3n) is 6.17. The third-order valence-corrected chi connectivity index (χ3v) is 7.58. The van der Waals surface area contributed by atoms with Crippen molar-refractivity contribution in [1.82, 2.24) is 15.2 Å². The molecule has 2 atom stereocenters. The van der Waals surface area contributed by atoms with Gasteiger partial charge in [0.1, 0.15) is 5.75 Å². The van der Waals surface area contributed by atoms with Gasteiger partial charge in [-0.15, -0.1) is 0 Å². The number of nitrogens with zero attached hydrogens (tertiary/aromatic N) is 2. The molecule has 3 heterocycles. The van der Waals surface area contributed by atoms with Gasteiger partial charge in [0, 0.05) is 31.6 Å². The van der Waals surface area contributed by atoms with E-state index in [9.17, 15) is 4.79 Å². The molecule has 2 aromatic carbocycles. The van der Waals surface area contributed by atoms with E-state index in [-0.39, 0.29) is 5.91 Å². The number of rotatable bonds is 5. The molecular formula is C23H24ClN3O2S. The Bertz CT molecular complexity index is 1050. The van der Waals surface area contributed by atoms with E-state index in [0.29, 0.717) is 28.3 Å². The Morgan fingerprint density at radius 1 is 1.20 bits per heavy atom. The smallest absolute Gasteiger partial charge is 0.279 e. The van der Waals surface area contributed by atoms with Crippen molar-refractivity contribution >= 4 is 39.1 Å². The topological polar surface area (TPSA) is 54.5 Å². The Morgan fingerprint density at radius 2 is 1.93 bits per heavy atom. The zero-order chi connectivity index (χ0) is 20.7. The van der Waals surface area contributed by atoms with Crippen molar-refractivity contribution in [2.45, 2.75) is 57.3 Å². The highest BCUT2D eigenvalue weighted by molar-refractivity contribution is 7.20. The van der Waals surface area contributed by atoms with E-state index in [1.807, 2.05) is 30.3 Å². The second-order valence-corrected chi connectivity index (χ2v) is 9.54. The van der Waals surface area contributed by atoms with Crippen LogP contribution in [0, 0.1) is 0 Å². The van der Waals surface area contributed by atoms with E-state index < -0.39 is 0 Å². The lowest BCUT2D eigenvalue weighted by molar-refractivity contribution is -0.133. The van der Waals surface area contributed by atoms with Gasteiger partial charge in [-0.3, -0.25) is 4.79 Å². The predicted molar refractivity (Wildman–Crippen MR) is 120 cm³/mol. The Labute approximate surface area is 185 Å². The third kappa shape index (κ3) is 3.92. The molecule has 5 rings (SSSR count). The first kappa shape index (κ1) is 19.8. The highest BCUT2D eigenvalue weighted by atomic mass is 35.5. The molecule has 2 aliphatic heterocycles. The molecule has 5 nitrogen and oxygen atoms in total. The maximum Gasteiger partial charge on any atom is 0.279 e. The van der Waals surface area contributed by atoms with E-state index in [1.165, 1.54) is 16.9 Å². The van der Waals surface area contributed by atoms with Crippen LogP contribution in [-0.4, -0.2) is 33.9 Å². The molecule has 1 N–H and O–H groups in total. The van der Waals surface area contributed by atoms with Crippen molar-refractivity contribution in [1.29, 1.82) is 0 Å². The van der Waals surface area contributed by atoms with Crippen LogP contribution in [0.25, 0.3) is 10.2 Å². The summed E-state index contributed by atoms with van der Waals surface area (Å²) in [5.74, 6) is 0.994. The summed E-state index contributed by atoms with van der Waals surface area (Å²) in [5.41, 5.74) is 2.07. The molecule has 0 saturated carbocycles. The number of benzene rings is 2. The predicted octanol–water partition coefficient (Wildman–Crippen LogP) is 5.37. The number of halogens is 1. The maximum absolute atomic E-state index is 11.9. The van der Waals surface area contributed by atoms with Gasteiger partial charge in [-0.2, -0.15) is 0 Å². The molecule has 0 spiro atoms. The second kappa shape index (κ2) is 8.17. The minimum Gasteiger partial charge on any atom is -0.431 e. The number of piperidine rings is 1. The first-order chi connectivity index (χ1) is 14.6. The summed E-state index contributed by atoms with van der Waals surface area (Å²) in [6.07, 6.45) is 4.39. The van der Waals surface area contributed by atoms with Crippen LogP contribution in [0.5, 0.6) is 10.9 Å². The summed E-state index contributed by atoms with van der Waals surface area (Å²) in [6.45, 7) is 2.52. The summed E-state index contributed by atoms with van der Waals surface area (Å²) in [4.78, 5) is 18.5. The monoisotopic (exact) mass is 441 g/mol. The molecule has 156 valence electrons. The number of carbonyl (C=O) groups excluding carboxylic acids is 1. The van der Waals surface area contributed by atoms with Gasteiger partial charge in [0.25, 0.3) is 5.19 Å². The summed E-state index contributed by atoms with van der Waals surface area (Å²) in [6, 6.07) is 15.1. The number of fused-ring (bicyclic) bond motifs is 3. The minimum absolute atomic E-state index is 0.229. The van der Waals surface area contributed by atoms with Crippen LogP contribution in [0.3, 0.4) is 0 Å². The Kier molecular flexibility index (Phi) is 5.39. The second-order valence-electron chi connectivity index (χ2n) is 8.17. The average molecular weight is 442 g/mol. The lowest BCUT2D eigenvalue weighted by Crippen LogP contribution is -2.50. The van der Waals surface area contributed by atoms with Gasteiger partial charge in [0.15, 0.2) is 0 Å². The normalized spacial score (nSPS) is 23.1. The van der Waals surface area contributed by atoms with Crippen molar-refractivity contribution in [2.75, 3.05) is 0 Å². The molecule has 0 aliphatic carbocycles. The summed E-state index contributed by atoms with van der Waals surface area (Å²) >= 11 is 7.68. The number of thiazole rings is 1. The minimum atomic E-state index is 0.229. The quantitative estimate of drug-likeness (QED) is 0.578. The molecule has 1 amide bonds. The van der Waals surface area contributed by atoms with Gasteiger partial charge in [-0.05, 0) is 55.5 Å². The van der Waals surface area contributed by atoms with Gasteiger partial charge >= 0.3 is 0 Å². The SMILES string of the molecule is CC(=O)N1[C@@H]2CC[C@@H]1CC(NCc1ccc(Oc3nc4cccc(Cl)c4s3)cc1)C2. The van der Waals surface area contributed by atoms with E-state index in [4.69, 9.17) is 16.3 Å². The van der Waals surface area contributed by atoms with Crippen molar-refractivity contribution in [2.24, 2.45) is 0 Å². The molecule has 0 unspecified atom stereocenters. The molecule has 2 fully saturated rings. The molecule has 2 bridgehead atoms. The van der Waals surface area contributed by atoms with E-state index in [2.05, 4.69) is 27.3 Å². The zero-order valence-electron chi connectivity index (χ0n) is 16.8. The lowest BCUT2D eigenvalue weighted by atomic mass is 9.97. The molecular weight excluding hydrogens is 418 g/mol. The van der Waals surface area contributed by atoms with Crippen molar-refractivity contribution in [3.05, 3.63) is 53.1 Å². The number of ether oxygens (including phenoxy) is 1. The highest BCUT2D eigenvalue weighted by Gasteiger charge is 2.41. The average Bonchev–Trinajstić information content (AvgIpc) is 3.26. The summed E-state index contributed by atoms with van der Waals surface area (Å²) in [7, 11) is 0. The van der Waals surface area contributed by atoms with E-state index in [0.717, 1.165) is 48.2 Å². The standard InChI is InChI=1S/C23H24ClN3O2S/c1-14(28)27-17-7-8-18(27)12-16(11-17)25-13-15-5-9-19(10-6-15)29-23-26-21-4-2-3-20(24)22(21)30-23/h2-6,9-10,16-18,25H,7-8,11-13H2,1H3/t17-,18-/m1/s1. The molecule has 30 heavy (non-hydrogen) atoms. The van der Waals surface area contributed by atoms with Crippen molar-refractivity contribution in [3.63, 3.8) is 0 Å². The summed E-state index contributed by atoms with van der Waals surface area (Å²) < 4.78 is 6.87. The number of aromatic nitrogens is 1. The molecule has 2 aliphatic rings. The number of carbonyl (C=O) groups is 1. The number of hydrogen-bond acceptors (Lipinski definition) is 5. The molecule has 1 aromatic heterocycles. The van der Waals surface area contributed by atoms with Gasteiger partial charge in [0.2, 0.25) is 5.91 Å². The summed E-state index contributed by atoms with van der Waals surface area (Å²) in [5, 5.41) is 4.98. The largest absolute Gasteiger partial charge is 0.431 e. The van der Waals surface area contributed by atoms with E-state index in [1.54, 1.807) is 6.92 Å². The van der Waals surface area contributed by atoms with Crippen LogP contribution in [0.2, 0.25) is 5.02 Å². The Balaban J connectivity index is 1.18. The van der Waals surface area contributed by atoms with Crippen LogP contribution in [0.4, 0.5) is 0 Å². The molecule has 3 aromatic rings. The fraction of sp³-hybridized carbons (Fsp3) is 0.391. The Morgan fingerprint density at radius 3 is 2.60 bits per heavy atom. The van der Waals surface area contributed by atoms with Gasteiger partial charge in [0.05, 0.1) is 15.2 Å². The van der Waals surface area contributed by atoms with Crippen molar-refractivity contribution < 1.29 is 9.53 Å². The lowest BCUT2D eigenvalue weighted by Gasteiger charge is -2.38. The first-order valence-corrected chi connectivity index (χ1v) is 11.6. The van der Waals surface area contributed by atoms with Gasteiger partial charge in [-0.1, -0.05) is 41.1 Å². The van der Waals surface area contributed by atoms with Gasteiger partial charge in [-0.25, -0.2) is 4.98 Å². The zero-order valence-corrected chi connectivity index (χ0v) is 18.4. The number of amides is 1. The highest BCUT2D eigenvalue weighted by Crippen LogP contribution is 2.36. The van der Waals surface area contributed by atoms with Crippen LogP contribution in [0.15, 0.2) is 42.5 Å². The van der Waals surface area contributed by atoms with Crippen LogP contribution >= 0.6 is 22.9 Å². The number of nitrogens with one attached hydrogen (secondary N) is 1. The van der Waals surface area contributed by atoms with Crippen LogP contribution in [0.1, 0.15) is 38.2 Å². The molecule has 0 radical (unpaired) electrons.